The maximum absolute atomic E-state index is 12.8. The lowest BCUT2D eigenvalue weighted by Crippen LogP contribution is -2.29. The molecule has 0 saturated heterocycles. The molecule has 1 unspecified atom stereocenters. The molecule has 0 spiro atoms. The van der Waals surface area contributed by atoms with Gasteiger partial charge in [-0.05, 0) is 42.0 Å². The lowest BCUT2D eigenvalue weighted by atomic mass is 10.1. The number of amides is 1. The van der Waals surface area contributed by atoms with E-state index in [-0.39, 0.29) is 12.4 Å². The first-order valence-electron chi connectivity index (χ1n) is 9.19. The molecule has 156 valence electrons. The van der Waals surface area contributed by atoms with E-state index >= 15 is 0 Å². The Kier molecular flexibility index (Phi) is 6.61. The van der Waals surface area contributed by atoms with E-state index in [1.807, 2.05) is 12.1 Å². The number of hydrogen-bond donors (Lipinski definition) is 0. The van der Waals surface area contributed by atoms with Crippen LogP contribution in [0.1, 0.15) is 17.2 Å². The van der Waals surface area contributed by atoms with Crippen LogP contribution >= 0.6 is 0 Å². The van der Waals surface area contributed by atoms with Crippen molar-refractivity contribution < 1.29 is 27.4 Å². The molecule has 0 aliphatic carbocycles. The van der Waals surface area contributed by atoms with Crippen LogP contribution in [-0.4, -0.2) is 19.7 Å². The van der Waals surface area contributed by atoms with Crippen LogP contribution in [0.4, 0.5) is 23.7 Å². The lowest BCUT2D eigenvalue weighted by molar-refractivity contribution is -0.137. The molecule has 1 amide bonds. The van der Waals surface area contributed by atoms with E-state index < -0.39 is 23.9 Å². The predicted molar refractivity (Wildman–Crippen MR) is 107 cm³/mol. The molecule has 0 radical (unpaired) electrons. The number of alkyl halides is 3. The summed E-state index contributed by atoms with van der Waals surface area (Å²) in [4.78, 5) is 13.8. The van der Waals surface area contributed by atoms with Gasteiger partial charge in [0.25, 0.3) is 0 Å². The standard InChI is InChI=1S/C23H20F3NO3/c1-27(19-10-6-3-7-11-19)22(28)29-16-21(17-8-4-2-5-9-17)30-20-14-12-18(13-15-20)23(24,25)26/h2-15,21H,16H2,1H3. The largest absolute Gasteiger partial charge is 0.482 e. The molecule has 3 aromatic carbocycles. The maximum atomic E-state index is 12.8. The normalized spacial score (nSPS) is 12.1. The van der Waals surface area contributed by atoms with Gasteiger partial charge in [0, 0.05) is 12.7 Å². The van der Waals surface area contributed by atoms with Crippen molar-refractivity contribution in [2.24, 2.45) is 0 Å². The smallest absolute Gasteiger partial charge is 0.416 e. The molecule has 0 bridgehead atoms. The minimum atomic E-state index is -4.42. The van der Waals surface area contributed by atoms with Crippen molar-refractivity contribution in [1.29, 1.82) is 0 Å². The molecule has 4 nitrogen and oxygen atoms in total. The zero-order valence-electron chi connectivity index (χ0n) is 16.2. The average molecular weight is 415 g/mol. The average Bonchev–Trinajstić information content (AvgIpc) is 2.76. The number of ether oxygens (including phenoxy) is 2. The summed E-state index contributed by atoms with van der Waals surface area (Å²) in [5.74, 6) is 0.240. The van der Waals surface area contributed by atoms with E-state index in [4.69, 9.17) is 9.47 Å². The minimum absolute atomic E-state index is 0.110. The predicted octanol–water partition coefficient (Wildman–Crippen LogP) is 6.10. The van der Waals surface area contributed by atoms with Crippen LogP contribution in [0.2, 0.25) is 0 Å². The Morgan fingerprint density at radius 2 is 1.47 bits per heavy atom. The van der Waals surface area contributed by atoms with Crippen molar-refractivity contribution in [2.75, 3.05) is 18.6 Å². The van der Waals surface area contributed by atoms with Crippen molar-refractivity contribution >= 4 is 11.8 Å². The zero-order valence-corrected chi connectivity index (χ0v) is 16.2. The molecule has 0 aliphatic heterocycles. The fourth-order valence-corrected chi connectivity index (χ4v) is 2.75. The highest BCUT2D eigenvalue weighted by molar-refractivity contribution is 5.86. The van der Waals surface area contributed by atoms with Gasteiger partial charge in [-0.25, -0.2) is 4.79 Å². The molecular formula is C23H20F3NO3. The molecule has 0 saturated carbocycles. The summed E-state index contributed by atoms with van der Waals surface area (Å²) in [6.45, 7) is -0.110. The van der Waals surface area contributed by atoms with Crippen molar-refractivity contribution in [1.82, 2.24) is 0 Å². The number of carbonyl (C=O) groups is 1. The highest BCUT2D eigenvalue weighted by Crippen LogP contribution is 2.31. The van der Waals surface area contributed by atoms with Crippen LogP contribution in [-0.2, 0) is 10.9 Å². The summed E-state index contributed by atoms with van der Waals surface area (Å²) < 4.78 is 49.6. The third kappa shape index (κ3) is 5.53. The summed E-state index contributed by atoms with van der Waals surface area (Å²) in [5, 5.41) is 0. The van der Waals surface area contributed by atoms with Gasteiger partial charge in [-0.3, -0.25) is 4.90 Å². The second-order valence-corrected chi connectivity index (χ2v) is 6.51. The second kappa shape index (κ2) is 9.35. The first kappa shape index (κ1) is 21.2. The highest BCUT2D eigenvalue weighted by atomic mass is 19.4. The monoisotopic (exact) mass is 415 g/mol. The van der Waals surface area contributed by atoms with Crippen molar-refractivity contribution in [3.8, 4) is 5.75 Å². The van der Waals surface area contributed by atoms with E-state index in [1.54, 1.807) is 55.6 Å². The van der Waals surface area contributed by atoms with Gasteiger partial charge in [0.15, 0.2) is 6.10 Å². The highest BCUT2D eigenvalue weighted by Gasteiger charge is 2.30. The Hall–Kier alpha value is -3.48. The second-order valence-electron chi connectivity index (χ2n) is 6.51. The van der Waals surface area contributed by atoms with Crippen LogP contribution in [0.5, 0.6) is 5.75 Å². The fraction of sp³-hybridized carbons (Fsp3) is 0.174. The van der Waals surface area contributed by atoms with Crippen LogP contribution in [0.25, 0.3) is 0 Å². The van der Waals surface area contributed by atoms with Gasteiger partial charge in [0.05, 0.1) is 5.56 Å². The Balaban J connectivity index is 1.71. The molecule has 0 aliphatic rings. The summed E-state index contributed by atoms with van der Waals surface area (Å²) in [5.41, 5.74) is 0.636. The number of para-hydroxylation sites is 1. The van der Waals surface area contributed by atoms with Gasteiger partial charge in [-0.1, -0.05) is 48.5 Å². The van der Waals surface area contributed by atoms with Crippen molar-refractivity contribution in [2.45, 2.75) is 12.3 Å². The minimum Gasteiger partial charge on any atom is -0.482 e. The Labute approximate surface area is 172 Å². The van der Waals surface area contributed by atoms with E-state index in [0.717, 1.165) is 17.7 Å². The van der Waals surface area contributed by atoms with Gasteiger partial charge in [0.2, 0.25) is 0 Å². The van der Waals surface area contributed by atoms with Gasteiger partial charge < -0.3 is 9.47 Å². The summed E-state index contributed by atoms with van der Waals surface area (Å²) >= 11 is 0. The zero-order chi connectivity index (χ0) is 21.6. The number of nitrogens with zero attached hydrogens (tertiary/aromatic N) is 1. The number of hydrogen-bond acceptors (Lipinski definition) is 3. The summed E-state index contributed by atoms with van der Waals surface area (Å²) in [7, 11) is 1.59. The molecule has 0 N–H and O–H groups in total. The van der Waals surface area contributed by atoms with Gasteiger partial charge >= 0.3 is 12.3 Å². The van der Waals surface area contributed by atoms with Gasteiger partial charge in [0.1, 0.15) is 12.4 Å². The van der Waals surface area contributed by atoms with E-state index in [0.29, 0.717) is 5.69 Å². The number of halogens is 3. The molecule has 3 rings (SSSR count). The third-order valence-electron chi connectivity index (χ3n) is 4.41. The molecule has 0 aromatic heterocycles. The van der Waals surface area contributed by atoms with Crippen molar-refractivity contribution in [3.05, 3.63) is 96.1 Å². The molecule has 3 aromatic rings. The quantitative estimate of drug-likeness (QED) is 0.488. The molecule has 7 heteroatoms. The fourth-order valence-electron chi connectivity index (χ4n) is 2.75. The van der Waals surface area contributed by atoms with E-state index in [2.05, 4.69) is 0 Å². The Morgan fingerprint density at radius 1 is 0.900 bits per heavy atom. The van der Waals surface area contributed by atoms with Gasteiger partial charge in [-0.2, -0.15) is 13.2 Å². The Bertz CT molecular complexity index is 945. The third-order valence-corrected chi connectivity index (χ3v) is 4.41. The van der Waals surface area contributed by atoms with E-state index in [1.165, 1.54) is 17.0 Å². The molecule has 1 atom stereocenters. The first-order valence-corrected chi connectivity index (χ1v) is 9.19. The number of carbonyl (C=O) groups excluding carboxylic acids is 1. The van der Waals surface area contributed by atoms with Gasteiger partial charge in [-0.15, -0.1) is 0 Å². The van der Waals surface area contributed by atoms with E-state index in [9.17, 15) is 18.0 Å². The molecule has 0 fully saturated rings. The number of benzene rings is 3. The number of rotatable bonds is 6. The summed E-state index contributed by atoms with van der Waals surface area (Å²) in [6.07, 6.45) is -5.68. The van der Waals surface area contributed by atoms with Crippen molar-refractivity contribution in [3.63, 3.8) is 0 Å². The van der Waals surface area contributed by atoms with Crippen LogP contribution in [0.15, 0.2) is 84.9 Å². The van der Waals surface area contributed by atoms with Crippen LogP contribution < -0.4 is 9.64 Å². The topological polar surface area (TPSA) is 38.8 Å². The Morgan fingerprint density at radius 3 is 2.03 bits per heavy atom. The van der Waals surface area contributed by atoms with Crippen LogP contribution in [0, 0.1) is 0 Å². The molecule has 30 heavy (non-hydrogen) atoms. The molecule has 0 heterocycles. The first-order chi connectivity index (χ1) is 14.3. The number of anilines is 1. The SMILES string of the molecule is CN(C(=O)OCC(Oc1ccc(C(F)(F)F)cc1)c1ccccc1)c1ccccc1. The lowest BCUT2D eigenvalue weighted by Gasteiger charge is -2.22. The molecular weight excluding hydrogens is 395 g/mol. The summed E-state index contributed by atoms with van der Waals surface area (Å²) in [6, 6.07) is 22.4. The van der Waals surface area contributed by atoms with Crippen LogP contribution in [0.3, 0.4) is 0 Å². The maximum Gasteiger partial charge on any atom is 0.416 e.